The van der Waals surface area contributed by atoms with Gasteiger partial charge >= 0.3 is 0 Å². The third kappa shape index (κ3) is 4.77. The molecule has 1 heterocycles. The Labute approximate surface area is 166 Å². The number of carbonyl (C=O) groups excluding carboxylic acids is 1. The lowest BCUT2D eigenvalue weighted by atomic mass is 10.0. The van der Waals surface area contributed by atoms with Crippen LogP contribution in [0.15, 0.2) is 48.5 Å². The van der Waals surface area contributed by atoms with Crippen molar-refractivity contribution in [2.75, 3.05) is 33.7 Å². The van der Waals surface area contributed by atoms with Crippen LogP contribution < -0.4 is 5.32 Å². The van der Waals surface area contributed by atoms with Crippen LogP contribution in [0.1, 0.15) is 27.5 Å². The molecule has 4 nitrogen and oxygen atoms in total. The van der Waals surface area contributed by atoms with E-state index in [1.54, 1.807) is 19.0 Å². The molecule has 1 saturated heterocycles. The van der Waals surface area contributed by atoms with Gasteiger partial charge in [0.25, 0.3) is 5.91 Å². The molecule has 1 aliphatic heterocycles. The van der Waals surface area contributed by atoms with E-state index in [9.17, 15) is 4.79 Å². The first-order valence-corrected chi connectivity index (χ1v) is 8.94. The van der Waals surface area contributed by atoms with Crippen LogP contribution in [0.5, 0.6) is 0 Å². The average molecular weight is 394 g/mol. The third-order valence-electron chi connectivity index (χ3n) is 4.58. The molecule has 1 atom stereocenters. The van der Waals surface area contributed by atoms with Crippen LogP contribution in [0, 0.1) is 0 Å². The summed E-state index contributed by atoms with van der Waals surface area (Å²) in [7, 11) is 3.55. The van der Waals surface area contributed by atoms with Gasteiger partial charge in [0.1, 0.15) is 0 Å². The molecule has 1 N–H and O–H groups in total. The normalized spacial score (nSPS) is 17.4. The van der Waals surface area contributed by atoms with Crippen LogP contribution in [-0.2, 0) is 6.54 Å². The van der Waals surface area contributed by atoms with Crippen molar-refractivity contribution in [3.05, 3.63) is 70.2 Å². The smallest absolute Gasteiger partial charge is 0.253 e. The molecule has 140 valence electrons. The van der Waals surface area contributed by atoms with Gasteiger partial charge in [0.05, 0.1) is 0 Å². The lowest BCUT2D eigenvalue weighted by Gasteiger charge is -2.37. The quantitative estimate of drug-likeness (QED) is 0.861. The Hall–Kier alpha value is -1.59. The fourth-order valence-electron chi connectivity index (χ4n) is 3.28. The summed E-state index contributed by atoms with van der Waals surface area (Å²) in [6.07, 6.45) is 0. The molecular weight excluding hydrogens is 369 g/mol. The van der Waals surface area contributed by atoms with Gasteiger partial charge in [-0.3, -0.25) is 9.69 Å². The van der Waals surface area contributed by atoms with Crippen molar-refractivity contribution in [2.45, 2.75) is 12.6 Å². The number of amides is 1. The average Bonchev–Trinajstić information content (AvgIpc) is 2.62. The highest BCUT2D eigenvalue weighted by Gasteiger charge is 2.25. The van der Waals surface area contributed by atoms with Crippen molar-refractivity contribution >= 4 is 29.9 Å². The van der Waals surface area contributed by atoms with Crippen LogP contribution in [0.3, 0.4) is 0 Å². The molecule has 26 heavy (non-hydrogen) atoms. The van der Waals surface area contributed by atoms with Gasteiger partial charge in [-0.2, -0.15) is 0 Å². The number of halogens is 2. The molecule has 1 fully saturated rings. The largest absolute Gasteiger partial charge is 0.345 e. The Morgan fingerprint density at radius 1 is 1.23 bits per heavy atom. The SMILES string of the molecule is CN(C)C(=O)c1cccc(CN2CCNCC2c2ccccc2Cl)c1.Cl. The molecule has 0 aliphatic carbocycles. The van der Waals surface area contributed by atoms with E-state index in [2.05, 4.69) is 22.3 Å². The van der Waals surface area contributed by atoms with Crippen LogP contribution in [0.4, 0.5) is 0 Å². The lowest BCUT2D eigenvalue weighted by molar-refractivity contribution is 0.0827. The molecular formula is C20H25Cl2N3O. The first-order chi connectivity index (χ1) is 12.1. The molecule has 2 aromatic rings. The fourth-order valence-corrected chi connectivity index (χ4v) is 3.54. The number of hydrogen-bond donors (Lipinski definition) is 1. The molecule has 0 bridgehead atoms. The van der Waals surface area contributed by atoms with Crippen molar-refractivity contribution < 1.29 is 4.79 Å². The Morgan fingerprint density at radius 2 is 2.00 bits per heavy atom. The van der Waals surface area contributed by atoms with E-state index in [4.69, 9.17) is 11.6 Å². The molecule has 0 aromatic heterocycles. The van der Waals surface area contributed by atoms with Crippen molar-refractivity contribution in [1.82, 2.24) is 15.1 Å². The van der Waals surface area contributed by atoms with Gasteiger partial charge in [-0.25, -0.2) is 0 Å². The summed E-state index contributed by atoms with van der Waals surface area (Å²) >= 11 is 6.42. The molecule has 0 saturated carbocycles. The highest BCUT2D eigenvalue weighted by atomic mass is 35.5. The zero-order chi connectivity index (χ0) is 17.8. The Bertz CT molecular complexity index is 751. The van der Waals surface area contributed by atoms with Crippen LogP contribution >= 0.6 is 24.0 Å². The topological polar surface area (TPSA) is 35.6 Å². The van der Waals surface area contributed by atoms with Crippen LogP contribution in [0.25, 0.3) is 0 Å². The summed E-state index contributed by atoms with van der Waals surface area (Å²) in [5.41, 5.74) is 3.02. The number of carbonyl (C=O) groups is 1. The van der Waals surface area contributed by atoms with E-state index in [0.29, 0.717) is 0 Å². The summed E-state index contributed by atoms with van der Waals surface area (Å²) < 4.78 is 0. The number of benzene rings is 2. The Kier molecular flexibility index (Phi) is 7.47. The second-order valence-electron chi connectivity index (χ2n) is 6.61. The van der Waals surface area contributed by atoms with E-state index >= 15 is 0 Å². The maximum absolute atomic E-state index is 12.2. The van der Waals surface area contributed by atoms with E-state index in [1.165, 1.54) is 0 Å². The lowest BCUT2D eigenvalue weighted by Crippen LogP contribution is -2.45. The molecule has 3 rings (SSSR count). The van der Waals surface area contributed by atoms with Gasteiger partial charge in [-0.05, 0) is 29.3 Å². The molecule has 6 heteroatoms. The standard InChI is InChI=1S/C20H24ClN3O.ClH/c1-23(2)20(25)16-7-5-6-15(12-16)14-24-11-10-22-13-19(24)17-8-3-4-9-18(17)21;/h3-9,12,19,22H,10-11,13-14H2,1-2H3;1H. The van der Waals surface area contributed by atoms with Gasteiger partial charge < -0.3 is 10.2 Å². The zero-order valence-corrected chi connectivity index (χ0v) is 16.7. The maximum Gasteiger partial charge on any atom is 0.253 e. The minimum atomic E-state index is 0. The van der Waals surface area contributed by atoms with Crippen molar-refractivity contribution in [3.8, 4) is 0 Å². The van der Waals surface area contributed by atoms with E-state index in [-0.39, 0.29) is 24.4 Å². The summed E-state index contributed by atoms with van der Waals surface area (Å²) in [5.74, 6) is 0.0322. The van der Waals surface area contributed by atoms with E-state index in [0.717, 1.165) is 47.9 Å². The number of hydrogen-bond acceptors (Lipinski definition) is 3. The van der Waals surface area contributed by atoms with Gasteiger partial charge in [-0.1, -0.05) is 41.9 Å². The fraction of sp³-hybridized carbons (Fsp3) is 0.350. The monoisotopic (exact) mass is 393 g/mol. The predicted octanol–water partition coefficient (Wildman–Crippen LogP) is 3.61. The second kappa shape index (κ2) is 9.38. The number of rotatable bonds is 4. The van der Waals surface area contributed by atoms with E-state index in [1.807, 2.05) is 36.4 Å². The number of nitrogens with zero attached hydrogens (tertiary/aromatic N) is 2. The Balaban J connectivity index is 0.00000243. The molecule has 0 spiro atoms. The van der Waals surface area contributed by atoms with Gasteiger partial charge in [-0.15, -0.1) is 12.4 Å². The highest BCUT2D eigenvalue weighted by molar-refractivity contribution is 6.31. The van der Waals surface area contributed by atoms with Gasteiger partial charge in [0.2, 0.25) is 0 Å². The first kappa shape index (κ1) is 20.7. The number of nitrogens with one attached hydrogen (secondary N) is 1. The zero-order valence-electron chi connectivity index (χ0n) is 15.1. The molecule has 0 radical (unpaired) electrons. The third-order valence-corrected chi connectivity index (χ3v) is 4.93. The van der Waals surface area contributed by atoms with Crippen LogP contribution in [-0.4, -0.2) is 49.4 Å². The first-order valence-electron chi connectivity index (χ1n) is 8.56. The molecule has 1 aliphatic rings. The van der Waals surface area contributed by atoms with Crippen molar-refractivity contribution in [3.63, 3.8) is 0 Å². The Morgan fingerprint density at radius 3 is 2.73 bits per heavy atom. The highest BCUT2D eigenvalue weighted by Crippen LogP contribution is 2.29. The van der Waals surface area contributed by atoms with Crippen molar-refractivity contribution in [1.29, 1.82) is 0 Å². The van der Waals surface area contributed by atoms with E-state index < -0.39 is 0 Å². The molecule has 1 amide bonds. The maximum atomic E-state index is 12.2. The second-order valence-corrected chi connectivity index (χ2v) is 7.02. The minimum Gasteiger partial charge on any atom is -0.345 e. The van der Waals surface area contributed by atoms with Gasteiger partial charge in [0, 0.05) is 56.9 Å². The summed E-state index contributed by atoms with van der Waals surface area (Å²) in [6.45, 7) is 3.57. The minimum absolute atomic E-state index is 0. The predicted molar refractivity (Wildman–Crippen MR) is 109 cm³/mol. The summed E-state index contributed by atoms with van der Waals surface area (Å²) in [6, 6.07) is 16.2. The van der Waals surface area contributed by atoms with Gasteiger partial charge in [0.15, 0.2) is 0 Å². The van der Waals surface area contributed by atoms with Crippen molar-refractivity contribution in [2.24, 2.45) is 0 Å². The number of piperazine rings is 1. The van der Waals surface area contributed by atoms with Crippen LogP contribution in [0.2, 0.25) is 5.02 Å². The molecule has 2 aromatic carbocycles. The molecule has 1 unspecified atom stereocenters. The summed E-state index contributed by atoms with van der Waals surface area (Å²) in [5, 5.41) is 4.26. The summed E-state index contributed by atoms with van der Waals surface area (Å²) in [4.78, 5) is 16.2.